The lowest BCUT2D eigenvalue weighted by Gasteiger charge is -2.28. The SMILES string of the molecule is O=P(O)(O)O.[N-]=[N+]=N[C@@]1(n2cnc3c(N)ncnc32)O[C@H](CO)[C@@H](O)[C@H]1O. The number of azide groups is 1. The third kappa shape index (κ3) is 4.14. The van der Waals surface area contributed by atoms with Crippen molar-refractivity contribution < 1.29 is 39.3 Å². The van der Waals surface area contributed by atoms with Crippen molar-refractivity contribution in [2.75, 3.05) is 12.3 Å². The van der Waals surface area contributed by atoms with Crippen LogP contribution >= 0.6 is 7.82 Å². The third-order valence-electron chi connectivity index (χ3n) is 3.49. The van der Waals surface area contributed by atoms with E-state index in [9.17, 15) is 15.3 Å². The smallest absolute Gasteiger partial charge is 0.394 e. The molecule has 1 fully saturated rings. The van der Waals surface area contributed by atoms with Crippen LogP contribution in [0.5, 0.6) is 0 Å². The van der Waals surface area contributed by atoms with Crippen molar-refractivity contribution in [3.8, 4) is 0 Å². The first-order valence-corrected chi connectivity index (χ1v) is 8.55. The van der Waals surface area contributed by atoms with Crippen molar-refractivity contribution in [2.24, 2.45) is 5.11 Å². The van der Waals surface area contributed by atoms with E-state index in [4.69, 9.17) is 35.2 Å². The van der Waals surface area contributed by atoms with Crippen LogP contribution in [-0.4, -0.2) is 74.4 Å². The third-order valence-corrected chi connectivity index (χ3v) is 3.49. The van der Waals surface area contributed by atoms with E-state index in [0.29, 0.717) is 0 Å². The molecule has 2 aromatic rings. The summed E-state index contributed by atoms with van der Waals surface area (Å²) >= 11 is 0. The van der Waals surface area contributed by atoms with Gasteiger partial charge in [-0.2, -0.15) is 0 Å². The molecule has 27 heavy (non-hydrogen) atoms. The highest BCUT2D eigenvalue weighted by Gasteiger charge is 2.56. The van der Waals surface area contributed by atoms with Crippen LogP contribution in [0.4, 0.5) is 5.82 Å². The van der Waals surface area contributed by atoms with Gasteiger partial charge in [-0.05, 0) is 10.6 Å². The molecule has 1 aliphatic heterocycles. The van der Waals surface area contributed by atoms with E-state index in [-0.39, 0.29) is 17.0 Å². The topological polar surface area (TPSA) is 266 Å². The average molecular weight is 406 g/mol. The number of imidazole rings is 1. The molecular formula is C10H15N8O8P. The van der Waals surface area contributed by atoms with Crippen molar-refractivity contribution in [1.29, 1.82) is 0 Å². The van der Waals surface area contributed by atoms with Gasteiger partial charge in [0.2, 0.25) is 0 Å². The molecule has 3 rings (SSSR count). The van der Waals surface area contributed by atoms with Gasteiger partial charge in [0.15, 0.2) is 11.5 Å². The van der Waals surface area contributed by atoms with Gasteiger partial charge >= 0.3 is 7.82 Å². The Balaban J connectivity index is 0.000000465. The quantitative estimate of drug-likeness (QED) is 0.121. The van der Waals surface area contributed by atoms with Gasteiger partial charge in [-0.1, -0.05) is 0 Å². The Hall–Kier alpha value is -2.39. The molecule has 0 aliphatic carbocycles. The standard InChI is InChI=1S/C10H12N8O4.H3O4P/c11-8-5-9(14-2-13-8)18(3-15-5)10(16-17-12)7(21)6(20)4(1-19)22-10;1-5(2,3)4/h2-4,6-7,19-21H,1H2,(H2,11,13,14);(H3,1,2,3,4)/t4-,6-,7-,10+;/m1./s1. The first-order valence-electron chi connectivity index (χ1n) is 6.98. The molecule has 148 valence electrons. The van der Waals surface area contributed by atoms with Crippen molar-refractivity contribution >= 4 is 24.8 Å². The van der Waals surface area contributed by atoms with Crippen LogP contribution in [0.1, 0.15) is 0 Å². The molecule has 0 aromatic carbocycles. The highest BCUT2D eigenvalue weighted by Crippen LogP contribution is 2.39. The summed E-state index contributed by atoms with van der Waals surface area (Å²) < 4.78 is 15.4. The normalized spacial score (nSPS) is 27.7. The zero-order chi connectivity index (χ0) is 20.4. The minimum atomic E-state index is -4.64. The fraction of sp³-hybridized carbons (Fsp3) is 0.500. The van der Waals surface area contributed by atoms with E-state index in [1.165, 1.54) is 12.7 Å². The second-order valence-corrected chi connectivity index (χ2v) is 6.21. The lowest BCUT2D eigenvalue weighted by molar-refractivity contribution is -0.140. The van der Waals surface area contributed by atoms with Crippen molar-refractivity contribution in [3.05, 3.63) is 23.1 Å². The molecule has 2 aromatic heterocycles. The number of ether oxygens (including phenoxy) is 1. The summed E-state index contributed by atoms with van der Waals surface area (Å²) in [4.78, 5) is 36.0. The lowest BCUT2D eigenvalue weighted by Crippen LogP contribution is -2.43. The molecule has 8 N–H and O–H groups in total. The summed E-state index contributed by atoms with van der Waals surface area (Å²) in [6.07, 6.45) is -1.89. The summed E-state index contributed by atoms with van der Waals surface area (Å²) in [5, 5.41) is 32.9. The lowest BCUT2D eigenvalue weighted by atomic mass is 10.1. The molecule has 17 heteroatoms. The number of nitrogen functional groups attached to an aromatic ring is 1. The van der Waals surface area contributed by atoms with Gasteiger partial charge in [-0.25, -0.2) is 19.5 Å². The second kappa shape index (κ2) is 7.69. The number of anilines is 1. The van der Waals surface area contributed by atoms with Crippen LogP contribution in [0.25, 0.3) is 21.6 Å². The predicted octanol–water partition coefficient (Wildman–Crippen LogP) is -2.49. The Labute approximate surface area is 149 Å². The number of rotatable bonds is 3. The zero-order valence-electron chi connectivity index (χ0n) is 13.2. The Morgan fingerprint density at radius 1 is 1.37 bits per heavy atom. The van der Waals surface area contributed by atoms with Gasteiger partial charge in [0.05, 0.1) is 12.9 Å². The maximum absolute atomic E-state index is 10.3. The van der Waals surface area contributed by atoms with Crippen LogP contribution in [0.2, 0.25) is 0 Å². The molecule has 0 amide bonds. The number of aliphatic hydroxyl groups is 3. The van der Waals surface area contributed by atoms with Crippen LogP contribution in [0.15, 0.2) is 17.8 Å². The Kier molecular flexibility index (Phi) is 5.96. The van der Waals surface area contributed by atoms with Gasteiger partial charge in [-0.3, -0.25) is 4.57 Å². The molecule has 4 atom stereocenters. The molecule has 0 saturated carbocycles. The number of nitrogens with zero attached hydrogens (tertiary/aromatic N) is 7. The van der Waals surface area contributed by atoms with Gasteiger partial charge in [-0.15, -0.1) is 0 Å². The Morgan fingerprint density at radius 2 is 2.00 bits per heavy atom. The van der Waals surface area contributed by atoms with Crippen LogP contribution in [-0.2, 0) is 15.2 Å². The summed E-state index contributed by atoms with van der Waals surface area (Å²) in [5.41, 5.74) is 14.8. The molecule has 0 radical (unpaired) electrons. The Morgan fingerprint density at radius 3 is 2.52 bits per heavy atom. The van der Waals surface area contributed by atoms with Crippen molar-refractivity contribution in [2.45, 2.75) is 24.2 Å². The van der Waals surface area contributed by atoms with E-state index in [1.54, 1.807) is 0 Å². The number of hydrogen-bond donors (Lipinski definition) is 7. The summed E-state index contributed by atoms with van der Waals surface area (Å²) in [5.74, 6) is -1.96. The summed E-state index contributed by atoms with van der Waals surface area (Å²) in [7, 11) is -4.64. The fourth-order valence-electron chi connectivity index (χ4n) is 2.41. The molecule has 0 unspecified atom stereocenters. The van der Waals surface area contributed by atoms with Gasteiger partial charge in [0.1, 0.15) is 30.2 Å². The van der Waals surface area contributed by atoms with Crippen molar-refractivity contribution in [3.63, 3.8) is 0 Å². The van der Waals surface area contributed by atoms with Gasteiger partial charge in [0.25, 0.3) is 5.85 Å². The number of hydrogen-bond acceptors (Lipinski definition) is 10. The maximum Gasteiger partial charge on any atom is 0.466 e. The van der Waals surface area contributed by atoms with E-state index >= 15 is 0 Å². The highest BCUT2D eigenvalue weighted by atomic mass is 31.2. The largest absolute Gasteiger partial charge is 0.466 e. The highest BCUT2D eigenvalue weighted by molar-refractivity contribution is 7.45. The summed E-state index contributed by atoms with van der Waals surface area (Å²) in [6.45, 7) is -0.579. The van der Waals surface area contributed by atoms with E-state index in [0.717, 1.165) is 4.57 Å². The molecule has 16 nitrogen and oxygen atoms in total. The van der Waals surface area contributed by atoms with Gasteiger partial charge in [0, 0.05) is 4.91 Å². The number of aliphatic hydroxyl groups excluding tert-OH is 3. The second-order valence-electron chi connectivity index (χ2n) is 5.18. The first kappa shape index (κ1) is 20.9. The monoisotopic (exact) mass is 406 g/mol. The fourth-order valence-corrected chi connectivity index (χ4v) is 2.41. The first-order chi connectivity index (χ1) is 12.5. The van der Waals surface area contributed by atoms with E-state index < -0.39 is 38.6 Å². The molecule has 1 saturated heterocycles. The summed E-state index contributed by atoms with van der Waals surface area (Å²) in [6, 6.07) is 0. The van der Waals surface area contributed by atoms with Crippen LogP contribution < -0.4 is 5.73 Å². The number of fused-ring (bicyclic) bond motifs is 1. The number of phosphoric acid groups is 1. The average Bonchev–Trinajstić information content (AvgIpc) is 3.10. The van der Waals surface area contributed by atoms with Crippen LogP contribution in [0.3, 0.4) is 0 Å². The molecule has 0 spiro atoms. The van der Waals surface area contributed by atoms with E-state index in [1.807, 2.05) is 0 Å². The molecule has 1 aliphatic rings. The minimum absolute atomic E-state index is 0.0894. The van der Waals surface area contributed by atoms with E-state index in [2.05, 4.69) is 25.0 Å². The maximum atomic E-state index is 10.3. The van der Waals surface area contributed by atoms with Gasteiger partial charge < -0.3 is 40.5 Å². The predicted molar refractivity (Wildman–Crippen MR) is 85.1 cm³/mol. The van der Waals surface area contributed by atoms with Crippen molar-refractivity contribution in [1.82, 2.24) is 19.5 Å². The molecule has 0 bridgehead atoms. The number of aromatic nitrogens is 4. The molecule has 3 heterocycles. The number of nitrogens with two attached hydrogens (primary N) is 1. The minimum Gasteiger partial charge on any atom is -0.394 e. The molecular weight excluding hydrogens is 391 g/mol. The zero-order valence-corrected chi connectivity index (χ0v) is 14.1. The van der Waals surface area contributed by atoms with Crippen LogP contribution in [0, 0.1) is 0 Å². The Bertz CT molecular complexity index is 903.